The van der Waals surface area contributed by atoms with Crippen molar-refractivity contribution >= 4 is 10.9 Å². The quantitative estimate of drug-likeness (QED) is 0.888. The summed E-state index contributed by atoms with van der Waals surface area (Å²) in [5.74, 6) is 0. The molecule has 1 aromatic heterocycles. The van der Waals surface area contributed by atoms with Crippen LogP contribution in [0.25, 0.3) is 10.9 Å². The molecule has 0 amide bonds. The number of hydrogen-bond acceptors (Lipinski definition) is 3. The van der Waals surface area contributed by atoms with E-state index in [0.717, 1.165) is 17.6 Å². The molecule has 21 heavy (non-hydrogen) atoms. The van der Waals surface area contributed by atoms with E-state index in [2.05, 4.69) is 0 Å². The molecule has 1 heterocycles. The number of aromatic nitrogens is 1. The summed E-state index contributed by atoms with van der Waals surface area (Å²) in [5.41, 5.74) is 1.83. The van der Waals surface area contributed by atoms with Crippen LogP contribution in [0.15, 0.2) is 35.1 Å². The minimum atomic E-state index is -0.594. The lowest BCUT2D eigenvalue weighted by atomic mass is 10.1. The fourth-order valence-corrected chi connectivity index (χ4v) is 2.45. The summed E-state index contributed by atoms with van der Waals surface area (Å²) in [6.07, 6.45) is 0.248. The summed E-state index contributed by atoms with van der Waals surface area (Å²) < 4.78 is 7.48. The maximum Gasteiger partial charge on any atom is 0.189 e. The molecule has 1 atom stereocenters. The van der Waals surface area contributed by atoms with Gasteiger partial charge in [0.05, 0.1) is 30.9 Å². The Bertz CT molecular complexity index is 661. The second-order valence-corrected chi connectivity index (χ2v) is 5.52. The number of aryl methyl sites for hydroxylation is 1. The first-order chi connectivity index (χ1) is 10.0. The zero-order valence-electron chi connectivity index (χ0n) is 12.9. The summed E-state index contributed by atoms with van der Waals surface area (Å²) in [6.45, 7) is 6.62. The Morgan fingerprint density at radius 2 is 2.00 bits per heavy atom. The van der Waals surface area contributed by atoms with Gasteiger partial charge in [-0.15, -0.1) is 0 Å². The van der Waals surface area contributed by atoms with Gasteiger partial charge in [0, 0.05) is 17.1 Å². The highest BCUT2D eigenvalue weighted by Gasteiger charge is 2.12. The van der Waals surface area contributed by atoms with Gasteiger partial charge in [0.2, 0.25) is 0 Å². The number of rotatable bonds is 6. The van der Waals surface area contributed by atoms with E-state index in [4.69, 9.17) is 4.74 Å². The fourth-order valence-electron chi connectivity index (χ4n) is 2.45. The summed E-state index contributed by atoms with van der Waals surface area (Å²) in [7, 11) is 0. The SMILES string of the molecule is CCc1cc(=O)c2ccccc2n1C[C@H](O)COC(C)C. The zero-order chi connectivity index (χ0) is 15.4. The predicted octanol–water partition coefficient (Wildman–Crippen LogP) is 2.35. The number of ether oxygens (including phenoxy) is 1. The maximum absolute atomic E-state index is 12.1. The van der Waals surface area contributed by atoms with Crippen LogP contribution in [-0.4, -0.2) is 28.5 Å². The standard InChI is InChI=1S/C17H23NO3/c1-4-13-9-17(20)15-7-5-6-8-16(15)18(13)10-14(19)11-21-12(2)3/h5-9,12,14,19H,4,10-11H2,1-3H3/t14-/m0/s1. The average molecular weight is 289 g/mol. The first kappa shape index (κ1) is 15.7. The Morgan fingerprint density at radius 3 is 2.67 bits per heavy atom. The molecule has 0 aliphatic carbocycles. The largest absolute Gasteiger partial charge is 0.389 e. The Balaban J connectivity index is 2.37. The number of aliphatic hydroxyl groups is 1. The first-order valence-corrected chi connectivity index (χ1v) is 7.44. The maximum atomic E-state index is 12.1. The summed E-state index contributed by atoms with van der Waals surface area (Å²) in [4.78, 5) is 12.1. The molecular formula is C17H23NO3. The number of para-hydroxylation sites is 1. The molecule has 0 spiro atoms. The number of pyridine rings is 1. The molecular weight excluding hydrogens is 266 g/mol. The molecule has 0 bridgehead atoms. The Labute approximate surface area is 125 Å². The van der Waals surface area contributed by atoms with E-state index in [1.165, 1.54) is 0 Å². The van der Waals surface area contributed by atoms with Gasteiger partial charge in [-0.2, -0.15) is 0 Å². The van der Waals surface area contributed by atoms with Gasteiger partial charge in [-0.25, -0.2) is 0 Å². The Hall–Kier alpha value is -1.65. The lowest BCUT2D eigenvalue weighted by Gasteiger charge is -2.20. The van der Waals surface area contributed by atoms with Crippen molar-refractivity contribution in [3.8, 4) is 0 Å². The van der Waals surface area contributed by atoms with Gasteiger partial charge in [0.15, 0.2) is 5.43 Å². The van der Waals surface area contributed by atoms with E-state index >= 15 is 0 Å². The minimum absolute atomic E-state index is 0.0339. The van der Waals surface area contributed by atoms with Crippen molar-refractivity contribution in [1.29, 1.82) is 0 Å². The molecule has 0 unspecified atom stereocenters. The Morgan fingerprint density at radius 1 is 1.29 bits per heavy atom. The number of aliphatic hydroxyl groups excluding tert-OH is 1. The molecule has 0 saturated heterocycles. The topological polar surface area (TPSA) is 51.5 Å². The molecule has 1 N–H and O–H groups in total. The summed E-state index contributed by atoms with van der Waals surface area (Å²) in [6, 6.07) is 9.18. The molecule has 4 heteroatoms. The summed E-state index contributed by atoms with van der Waals surface area (Å²) in [5, 5.41) is 10.9. The van der Waals surface area contributed by atoms with Crippen LogP contribution < -0.4 is 5.43 Å². The van der Waals surface area contributed by atoms with Crippen molar-refractivity contribution in [3.63, 3.8) is 0 Å². The van der Waals surface area contributed by atoms with Crippen molar-refractivity contribution < 1.29 is 9.84 Å². The molecule has 1 aromatic carbocycles. The van der Waals surface area contributed by atoms with Crippen molar-refractivity contribution in [2.45, 2.75) is 45.9 Å². The van der Waals surface area contributed by atoms with Gasteiger partial charge in [-0.3, -0.25) is 4.79 Å². The second-order valence-electron chi connectivity index (χ2n) is 5.52. The molecule has 0 fully saturated rings. The van der Waals surface area contributed by atoms with E-state index in [9.17, 15) is 9.90 Å². The van der Waals surface area contributed by atoms with Gasteiger partial charge < -0.3 is 14.4 Å². The van der Waals surface area contributed by atoms with Gasteiger partial charge in [-0.05, 0) is 32.4 Å². The number of fused-ring (bicyclic) bond motifs is 1. The van der Waals surface area contributed by atoms with Crippen LogP contribution >= 0.6 is 0 Å². The smallest absolute Gasteiger partial charge is 0.189 e. The number of benzene rings is 1. The third-order valence-corrected chi connectivity index (χ3v) is 3.48. The summed E-state index contributed by atoms with van der Waals surface area (Å²) >= 11 is 0. The second kappa shape index (κ2) is 6.87. The fraction of sp³-hybridized carbons (Fsp3) is 0.471. The van der Waals surface area contributed by atoms with E-state index < -0.39 is 6.10 Å². The Kier molecular flexibility index (Phi) is 5.15. The van der Waals surface area contributed by atoms with E-state index in [0.29, 0.717) is 18.5 Å². The minimum Gasteiger partial charge on any atom is -0.389 e. The lowest BCUT2D eigenvalue weighted by Crippen LogP contribution is -2.26. The van der Waals surface area contributed by atoms with Crippen LogP contribution in [0.2, 0.25) is 0 Å². The molecule has 0 aliphatic rings. The number of hydrogen-bond donors (Lipinski definition) is 1. The monoisotopic (exact) mass is 289 g/mol. The van der Waals surface area contributed by atoms with Gasteiger partial charge >= 0.3 is 0 Å². The van der Waals surface area contributed by atoms with E-state index in [-0.39, 0.29) is 11.5 Å². The van der Waals surface area contributed by atoms with Gasteiger partial charge in [0.25, 0.3) is 0 Å². The lowest BCUT2D eigenvalue weighted by molar-refractivity contribution is -0.000538. The normalized spacial score (nSPS) is 13.0. The molecule has 2 aromatic rings. The highest BCUT2D eigenvalue weighted by molar-refractivity contribution is 5.79. The van der Waals surface area contributed by atoms with Crippen molar-refractivity contribution in [2.24, 2.45) is 0 Å². The van der Waals surface area contributed by atoms with E-state index in [1.54, 1.807) is 6.07 Å². The van der Waals surface area contributed by atoms with Crippen LogP contribution in [0.4, 0.5) is 0 Å². The van der Waals surface area contributed by atoms with Crippen LogP contribution in [0.5, 0.6) is 0 Å². The van der Waals surface area contributed by atoms with Crippen LogP contribution in [0, 0.1) is 0 Å². The first-order valence-electron chi connectivity index (χ1n) is 7.44. The van der Waals surface area contributed by atoms with Crippen LogP contribution in [0.3, 0.4) is 0 Å². The van der Waals surface area contributed by atoms with Gasteiger partial charge in [-0.1, -0.05) is 19.1 Å². The number of nitrogens with zero attached hydrogens (tertiary/aromatic N) is 1. The molecule has 0 saturated carbocycles. The van der Waals surface area contributed by atoms with Crippen LogP contribution in [-0.2, 0) is 17.7 Å². The third kappa shape index (κ3) is 3.71. The molecule has 0 radical (unpaired) electrons. The van der Waals surface area contributed by atoms with E-state index in [1.807, 2.05) is 49.6 Å². The zero-order valence-corrected chi connectivity index (χ0v) is 12.9. The highest BCUT2D eigenvalue weighted by atomic mass is 16.5. The predicted molar refractivity (Wildman–Crippen MR) is 84.7 cm³/mol. The molecule has 4 nitrogen and oxygen atoms in total. The average Bonchev–Trinajstić information content (AvgIpc) is 2.48. The molecule has 0 aliphatic heterocycles. The third-order valence-electron chi connectivity index (χ3n) is 3.48. The highest BCUT2D eigenvalue weighted by Crippen LogP contribution is 2.14. The molecule has 114 valence electrons. The molecule has 2 rings (SSSR count). The van der Waals surface area contributed by atoms with Crippen molar-refractivity contribution in [2.75, 3.05) is 6.61 Å². The van der Waals surface area contributed by atoms with Crippen molar-refractivity contribution in [1.82, 2.24) is 4.57 Å². The van der Waals surface area contributed by atoms with Crippen molar-refractivity contribution in [3.05, 3.63) is 46.2 Å². The van der Waals surface area contributed by atoms with Crippen LogP contribution in [0.1, 0.15) is 26.5 Å². The van der Waals surface area contributed by atoms with Gasteiger partial charge in [0.1, 0.15) is 0 Å².